The number of hydrogen-bond donors (Lipinski definition) is 2. The molecule has 0 unspecified atom stereocenters. The number of carbonyl (C=O) groups excluding carboxylic acids is 1. The molecule has 4 aromatic carbocycles. The monoisotopic (exact) mass is 462 g/mol. The lowest BCUT2D eigenvalue weighted by Gasteiger charge is -2.14. The molecule has 174 valence electrons. The van der Waals surface area contributed by atoms with E-state index in [1.807, 2.05) is 72.8 Å². The third kappa shape index (κ3) is 5.20. The minimum atomic E-state index is -0.427. The Labute approximate surface area is 204 Å². The van der Waals surface area contributed by atoms with Crippen LogP contribution in [0, 0.1) is 0 Å². The second kappa shape index (κ2) is 10.2. The number of hydrogen-bond acceptors (Lipinski definition) is 4. The third-order valence-electron chi connectivity index (χ3n) is 6.01. The molecule has 5 nitrogen and oxygen atoms in total. The number of anilines is 1. The Kier molecular flexibility index (Phi) is 6.48. The highest BCUT2D eigenvalue weighted by atomic mass is 16.5. The summed E-state index contributed by atoms with van der Waals surface area (Å²) in [5, 5.41) is 2.79. The molecular formula is C30H26N2O3. The van der Waals surface area contributed by atoms with Crippen molar-refractivity contribution in [3.05, 3.63) is 120 Å². The van der Waals surface area contributed by atoms with Crippen LogP contribution in [0.15, 0.2) is 103 Å². The average Bonchev–Trinajstić information content (AvgIpc) is 3.21. The largest absolute Gasteiger partial charge is 0.457 e. The summed E-state index contributed by atoms with van der Waals surface area (Å²) >= 11 is 0. The molecule has 0 radical (unpaired) electrons. The van der Waals surface area contributed by atoms with Gasteiger partial charge in [-0.25, -0.2) is 4.79 Å². The second-order valence-electron chi connectivity index (χ2n) is 8.35. The fourth-order valence-electron chi connectivity index (χ4n) is 4.31. The number of nitrogens with two attached hydrogens (primary N) is 1. The molecule has 0 atom stereocenters. The van der Waals surface area contributed by atoms with Crippen LogP contribution in [0.5, 0.6) is 11.5 Å². The van der Waals surface area contributed by atoms with E-state index in [0.29, 0.717) is 18.8 Å². The highest BCUT2D eigenvalue weighted by molar-refractivity contribution is 5.79. The summed E-state index contributed by atoms with van der Waals surface area (Å²) < 4.78 is 11.4. The fourth-order valence-corrected chi connectivity index (χ4v) is 4.31. The molecule has 0 aromatic heterocycles. The van der Waals surface area contributed by atoms with Gasteiger partial charge in [0.25, 0.3) is 0 Å². The smallest absolute Gasteiger partial charge is 0.407 e. The SMILES string of the molecule is Nc1ccc(Oc2ccc(C=CCNC(=O)OCC3c4ccccc4-c4ccccc43)cc2)cc1. The number of carbonyl (C=O) groups is 1. The number of alkyl carbamates (subject to hydrolysis) is 1. The highest BCUT2D eigenvalue weighted by Gasteiger charge is 2.28. The van der Waals surface area contributed by atoms with Crippen LogP contribution in [-0.2, 0) is 4.74 Å². The van der Waals surface area contributed by atoms with E-state index < -0.39 is 6.09 Å². The minimum Gasteiger partial charge on any atom is -0.457 e. The molecule has 0 fully saturated rings. The van der Waals surface area contributed by atoms with Crippen molar-refractivity contribution in [3.8, 4) is 22.6 Å². The maximum absolute atomic E-state index is 12.3. The number of amides is 1. The van der Waals surface area contributed by atoms with Crippen LogP contribution in [0.3, 0.4) is 0 Å². The molecule has 4 aromatic rings. The predicted octanol–water partition coefficient (Wildman–Crippen LogP) is 6.61. The Morgan fingerprint density at radius 1 is 0.800 bits per heavy atom. The normalized spacial score (nSPS) is 12.2. The van der Waals surface area contributed by atoms with Crippen LogP contribution in [0.25, 0.3) is 17.2 Å². The van der Waals surface area contributed by atoms with Gasteiger partial charge < -0.3 is 20.5 Å². The summed E-state index contributed by atoms with van der Waals surface area (Å²) in [6.07, 6.45) is 3.40. The highest BCUT2D eigenvalue weighted by Crippen LogP contribution is 2.44. The van der Waals surface area contributed by atoms with E-state index in [0.717, 1.165) is 17.1 Å². The van der Waals surface area contributed by atoms with Crippen LogP contribution in [0.2, 0.25) is 0 Å². The van der Waals surface area contributed by atoms with Crippen molar-refractivity contribution in [2.45, 2.75) is 5.92 Å². The molecule has 5 heteroatoms. The van der Waals surface area contributed by atoms with E-state index >= 15 is 0 Å². The standard InChI is InChI=1S/C30H26N2O3/c31-22-13-17-24(18-14-22)35-23-15-11-21(12-16-23)6-5-19-32-30(33)34-20-29-27-9-3-1-7-25(27)26-8-2-4-10-28(26)29/h1-18,29H,19-20,31H2,(H,32,33). The van der Waals surface area contributed by atoms with Gasteiger partial charge in [0.2, 0.25) is 0 Å². The summed E-state index contributed by atoms with van der Waals surface area (Å²) in [6.45, 7) is 0.680. The van der Waals surface area contributed by atoms with Crippen LogP contribution in [0.4, 0.5) is 10.5 Å². The molecule has 0 bridgehead atoms. The van der Waals surface area contributed by atoms with Crippen LogP contribution >= 0.6 is 0 Å². The molecule has 1 aliphatic rings. The number of benzene rings is 4. The van der Waals surface area contributed by atoms with Gasteiger partial charge in [-0.3, -0.25) is 0 Å². The number of nitrogen functional groups attached to an aromatic ring is 1. The molecule has 0 saturated heterocycles. The van der Waals surface area contributed by atoms with Gasteiger partial charge in [-0.2, -0.15) is 0 Å². The van der Waals surface area contributed by atoms with Gasteiger partial charge in [0.05, 0.1) is 0 Å². The first-order valence-electron chi connectivity index (χ1n) is 11.6. The summed E-state index contributed by atoms with van der Waals surface area (Å²) in [4.78, 5) is 12.3. The molecule has 0 heterocycles. The Hall–Kier alpha value is -4.51. The van der Waals surface area contributed by atoms with Crippen molar-refractivity contribution in [2.75, 3.05) is 18.9 Å². The van der Waals surface area contributed by atoms with E-state index in [4.69, 9.17) is 15.2 Å². The van der Waals surface area contributed by atoms with Crippen molar-refractivity contribution >= 4 is 17.9 Å². The number of fused-ring (bicyclic) bond motifs is 3. The number of ether oxygens (including phenoxy) is 2. The predicted molar refractivity (Wildman–Crippen MR) is 139 cm³/mol. The first-order chi connectivity index (χ1) is 17.2. The quantitative estimate of drug-likeness (QED) is 0.303. The zero-order valence-electron chi connectivity index (χ0n) is 19.2. The molecule has 35 heavy (non-hydrogen) atoms. The van der Waals surface area contributed by atoms with Gasteiger partial charge in [0, 0.05) is 18.2 Å². The Bertz CT molecular complexity index is 1300. The van der Waals surface area contributed by atoms with E-state index in [1.54, 1.807) is 12.1 Å². The first kappa shape index (κ1) is 22.3. The average molecular weight is 463 g/mol. The molecule has 1 amide bonds. The first-order valence-corrected chi connectivity index (χ1v) is 11.6. The van der Waals surface area contributed by atoms with Crippen molar-refractivity contribution in [2.24, 2.45) is 0 Å². The maximum atomic E-state index is 12.3. The Morgan fingerprint density at radius 3 is 2.00 bits per heavy atom. The van der Waals surface area contributed by atoms with Crippen molar-refractivity contribution in [1.82, 2.24) is 5.32 Å². The molecule has 0 spiro atoms. The lowest BCUT2D eigenvalue weighted by atomic mass is 9.98. The van der Waals surface area contributed by atoms with E-state index in [2.05, 4.69) is 29.6 Å². The van der Waals surface area contributed by atoms with E-state index in [1.165, 1.54) is 22.3 Å². The molecule has 3 N–H and O–H groups in total. The molecule has 0 saturated carbocycles. The lowest BCUT2D eigenvalue weighted by molar-refractivity contribution is 0.144. The van der Waals surface area contributed by atoms with Crippen LogP contribution in [-0.4, -0.2) is 19.2 Å². The van der Waals surface area contributed by atoms with Gasteiger partial charge >= 0.3 is 6.09 Å². The van der Waals surface area contributed by atoms with Crippen molar-refractivity contribution in [3.63, 3.8) is 0 Å². The molecular weight excluding hydrogens is 436 g/mol. The maximum Gasteiger partial charge on any atom is 0.407 e. The zero-order chi connectivity index (χ0) is 24.0. The van der Waals surface area contributed by atoms with Crippen LogP contribution in [0.1, 0.15) is 22.6 Å². The van der Waals surface area contributed by atoms with Crippen molar-refractivity contribution in [1.29, 1.82) is 0 Å². The zero-order valence-corrected chi connectivity index (χ0v) is 19.2. The lowest BCUT2D eigenvalue weighted by Crippen LogP contribution is -2.26. The fraction of sp³-hybridized carbons (Fsp3) is 0.100. The van der Waals surface area contributed by atoms with Gasteiger partial charge in [0.1, 0.15) is 18.1 Å². The number of nitrogens with one attached hydrogen (secondary N) is 1. The van der Waals surface area contributed by atoms with Crippen molar-refractivity contribution < 1.29 is 14.3 Å². The van der Waals surface area contributed by atoms with Crippen LogP contribution < -0.4 is 15.8 Å². The number of rotatable bonds is 7. The van der Waals surface area contributed by atoms with Gasteiger partial charge in [-0.1, -0.05) is 72.8 Å². The second-order valence-corrected chi connectivity index (χ2v) is 8.35. The van der Waals surface area contributed by atoms with E-state index in [9.17, 15) is 4.79 Å². The molecule has 5 rings (SSSR count). The summed E-state index contributed by atoms with van der Waals surface area (Å²) in [6, 6.07) is 31.6. The summed E-state index contributed by atoms with van der Waals surface area (Å²) in [5.74, 6) is 1.52. The summed E-state index contributed by atoms with van der Waals surface area (Å²) in [5.41, 5.74) is 12.2. The van der Waals surface area contributed by atoms with E-state index in [-0.39, 0.29) is 5.92 Å². The van der Waals surface area contributed by atoms with Gasteiger partial charge in [0.15, 0.2) is 0 Å². The molecule has 0 aliphatic heterocycles. The topological polar surface area (TPSA) is 73.6 Å². The van der Waals surface area contributed by atoms with Gasteiger partial charge in [-0.05, 0) is 64.2 Å². The Balaban J connectivity index is 1.10. The molecule has 1 aliphatic carbocycles. The minimum absolute atomic E-state index is 0.0534. The Morgan fingerprint density at radius 2 is 1.37 bits per heavy atom. The third-order valence-corrected chi connectivity index (χ3v) is 6.01. The summed E-state index contributed by atoms with van der Waals surface area (Å²) in [7, 11) is 0. The van der Waals surface area contributed by atoms with Gasteiger partial charge in [-0.15, -0.1) is 0 Å².